The topological polar surface area (TPSA) is 91.6 Å². The molecular formula is C20H24N4O2. The van der Waals surface area contributed by atoms with E-state index in [1.165, 1.54) is 11.1 Å². The number of hydrogen-bond acceptors (Lipinski definition) is 6. The van der Waals surface area contributed by atoms with Crippen LogP contribution in [0.15, 0.2) is 66.2 Å². The van der Waals surface area contributed by atoms with E-state index < -0.39 is 0 Å². The van der Waals surface area contributed by atoms with Crippen LogP contribution in [-0.4, -0.2) is 18.8 Å². The number of rotatable bonds is 7. The molecule has 3 rings (SSSR count). The molecule has 6 N–H and O–H groups in total. The molecule has 0 unspecified atom stereocenters. The van der Waals surface area contributed by atoms with Crippen LogP contribution in [-0.2, 0) is 17.7 Å². The van der Waals surface area contributed by atoms with Gasteiger partial charge >= 0.3 is 0 Å². The van der Waals surface area contributed by atoms with Gasteiger partial charge in [0.2, 0.25) is 0 Å². The molecule has 0 fully saturated rings. The Bertz CT molecular complexity index is 813. The summed E-state index contributed by atoms with van der Waals surface area (Å²) in [5.41, 5.74) is 15.6. The maximum atomic E-state index is 10.00. The largest absolute Gasteiger partial charge is 0.507 e. The number of phenolic OH excluding ortho intramolecular Hbond substituents is 1. The number of benzene rings is 2. The SMILES string of the molecule is CNCc1ccc(CCOC2=C(N)NNC(c3ccccc3O)=C2)cc1. The van der Waals surface area contributed by atoms with Gasteiger partial charge in [-0.1, -0.05) is 36.4 Å². The average molecular weight is 352 g/mol. The molecule has 2 aromatic carbocycles. The first kappa shape index (κ1) is 17.7. The number of nitrogens with two attached hydrogens (primary N) is 1. The van der Waals surface area contributed by atoms with Crippen LogP contribution < -0.4 is 21.9 Å². The second-order valence-electron chi connectivity index (χ2n) is 6.05. The summed E-state index contributed by atoms with van der Waals surface area (Å²) in [7, 11) is 1.93. The third-order valence-corrected chi connectivity index (χ3v) is 4.12. The van der Waals surface area contributed by atoms with Gasteiger partial charge in [-0.05, 0) is 30.3 Å². The molecule has 0 bridgehead atoms. The van der Waals surface area contributed by atoms with Crippen LogP contribution in [0.3, 0.4) is 0 Å². The van der Waals surface area contributed by atoms with Crippen molar-refractivity contribution in [2.75, 3.05) is 13.7 Å². The monoisotopic (exact) mass is 352 g/mol. The second kappa shape index (κ2) is 8.31. The molecule has 0 saturated heterocycles. The Morgan fingerprint density at radius 3 is 2.50 bits per heavy atom. The van der Waals surface area contributed by atoms with Gasteiger partial charge in [0.1, 0.15) is 5.75 Å². The summed E-state index contributed by atoms with van der Waals surface area (Å²) in [5, 5.41) is 13.1. The molecule has 1 aliphatic rings. The molecule has 6 heteroatoms. The molecule has 0 aromatic heterocycles. The Hall–Kier alpha value is -3.12. The highest BCUT2D eigenvalue weighted by Gasteiger charge is 2.15. The van der Waals surface area contributed by atoms with Gasteiger partial charge < -0.3 is 20.9 Å². The summed E-state index contributed by atoms with van der Waals surface area (Å²) >= 11 is 0. The Kier molecular flexibility index (Phi) is 5.66. The number of hydrazine groups is 1. The summed E-state index contributed by atoms with van der Waals surface area (Å²) < 4.78 is 5.85. The maximum absolute atomic E-state index is 10.00. The van der Waals surface area contributed by atoms with Crippen molar-refractivity contribution in [3.63, 3.8) is 0 Å². The minimum atomic E-state index is 0.189. The Balaban J connectivity index is 1.62. The van der Waals surface area contributed by atoms with E-state index in [1.807, 2.05) is 19.2 Å². The molecule has 1 heterocycles. The number of para-hydroxylation sites is 1. The minimum absolute atomic E-state index is 0.189. The molecule has 1 aliphatic heterocycles. The average Bonchev–Trinajstić information content (AvgIpc) is 2.65. The fourth-order valence-electron chi connectivity index (χ4n) is 2.71. The number of aromatic hydroxyl groups is 1. The van der Waals surface area contributed by atoms with Crippen molar-refractivity contribution < 1.29 is 9.84 Å². The Morgan fingerprint density at radius 2 is 1.77 bits per heavy atom. The highest BCUT2D eigenvalue weighted by atomic mass is 16.5. The quantitative estimate of drug-likeness (QED) is 0.523. The van der Waals surface area contributed by atoms with E-state index in [1.54, 1.807) is 18.2 Å². The van der Waals surface area contributed by atoms with Gasteiger partial charge in [-0.2, -0.15) is 0 Å². The standard InChI is InChI=1S/C20H24N4O2/c1-22-13-15-8-6-14(7-9-15)10-11-26-19-12-17(23-24-20(19)21)16-4-2-3-5-18(16)25/h2-9,12,22-25H,10-11,13,21H2,1H3. The highest BCUT2D eigenvalue weighted by molar-refractivity contribution is 5.71. The van der Waals surface area contributed by atoms with Gasteiger partial charge in [0.05, 0.1) is 12.3 Å². The third-order valence-electron chi connectivity index (χ3n) is 4.12. The van der Waals surface area contributed by atoms with E-state index in [0.29, 0.717) is 29.4 Å². The van der Waals surface area contributed by atoms with Gasteiger partial charge in [0.25, 0.3) is 0 Å². The van der Waals surface area contributed by atoms with Crippen molar-refractivity contribution in [1.82, 2.24) is 16.2 Å². The van der Waals surface area contributed by atoms with Crippen LogP contribution in [0.5, 0.6) is 5.75 Å². The first-order valence-electron chi connectivity index (χ1n) is 8.54. The summed E-state index contributed by atoms with van der Waals surface area (Å²) in [4.78, 5) is 0. The minimum Gasteiger partial charge on any atom is -0.507 e. The van der Waals surface area contributed by atoms with Crippen LogP contribution in [0, 0.1) is 0 Å². The lowest BCUT2D eigenvalue weighted by atomic mass is 10.1. The van der Waals surface area contributed by atoms with Gasteiger partial charge in [0, 0.05) is 24.6 Å². The molecule has 2 aromatic rings. The molecule has 0 aliphatic carbocycles. The molecule has 26 heavy (non-hydrogen) atoms. The lowest BCUT2D eigenvalue weighted by Gasteiger charge is -2.22. The van der Waals surface area contributed by atoms with Crippen LogP contribution in [0.4, 0.5) is 0 Å². The fourth-order valence-corrected chi connectivity index (χ4v) is 2.71. The van der Waals surface area contributed by atoms with Crippen molar-refractivity contribution in [3.8, 4) is 5.75 Å². The van der Waals surface area contributed by atoms with Crippen LogP contribution >= 0.6 is 0 Å². The lowest BCUT2D eigenvalue weighted by molar-refractivity contribution is 0.220. The first-order valence-corrected chi connectivity index (χ1v) is 8.54. The van der Waals surface area contributed by atoms with E-state index in [-0.39, 0.29) is 5.75 Å². The summed E-state index contributed by atoms with van der Waals surface area (Å²) in [5.74, 6) is 1.15. The smallest absolute Gasteiger partial charge is 0.162 e. The number of allylic oxidation sites excluding steroid dienone is 1. The molecule has 136 valence electrons. The molecule has 0 saturated carbocycles. The van der Waals surface area contributed by atoms with Crippen LogP contribution in [0.2, 0.25) is 0 Å². The summed E-state index contributed by atoms with van der Waals surface area (Å²) in [6, 6.07) is 15.5. The van der Waals surface area contributed by atoms with Gasteiger partial charge in [-0.25, -0.2) is 0 Å². The number of hydrogen-bond donors (Lipinski definition) is 5. The van der Waals surface area contributed by atoms with Crippen molar-refractivity contribution in [2.24, 2.45) is 5.73 Å². The van der Waals surface area contributed by atoms with Crippen molar-refractivity contribution in [3.05, 3.63) is 82.9 Å². The maximum Gasteiger partial charge on any atom is 0.162 e. The predicted octanol–water partition coefficient (Wildman–Crippen LogP) is 1.95. The Morgan fingerprint density at radius 1 is 1.04 bits per heavy atom. The molecule has 0 atom stereocenters. The van der Waals surface area contributed by atoms with E-state index in [2.05, 4.69) is 40.4 Å². The summed E-state index contributed by atoms with van der Waals surface area (Å²) in [6.45, 7) is 1.37. The second-order valence-corrected chi connectivity index (χ2v) is 6.05. The van der Waals surface area contributed by atoms with Gasteiger partial charge in [-0.15, -0.1) is 0 Å². The normalized spacial score (nSPS) is 13.7. The van der Waals surface area contributed by atoms with Crippen molar-refractivity contribution in [2.45, 2.75) is 13.0 Å². The number of phenols is 1. The van der Waals surface area contributed by atoms with Crippen molar-refractivity contribution >= 4 is 5.70 Å². The predicted molar refractivity (Wildman–Crippen MR) is 102 cm³/mol. The molecule has 6 nitrogen and oxygen atoms in total. The molecule has 0 amide bonds. The number of nitrogens with one attached hydrogen (secondary N) is 3. The zero-order valence-corrected chi connectivity index (χ0v) is 14.8. The molecule has 0 radical (unpaired) electrons. The van der Waals surface area contributed by atoms with E-state index in [4.69, 9.17) is 10.5 Å². The van der Waals surface area contributed by atoms with Crippen LogP contribution in [0.1, 0.15) is 16.7 Å². The lowest BCUT2D eigenvalue weighted by Crippen LogP contribution is -2.37. The van der Waals surface area contributed by atoms with Gasteiger partial charge in [-0.3, -0.25) is 10.9 Å². The first-order chi connectivity index (χ1) is 12.7. The van der Waals surface area contributed by atoms with E-state index in [9.17, 15) is 5.11 Å². The Labute approximate surface area is 153 Å². The third kappa shape index (κ3) is 4.29. The fraction of sp³-hybridized carbons (Fsp3) is 0.200. The molecular weight excluding hydrogens is 328 g/mol. The highest BCUT2D eigenvalue weighted by Crippen LogP contribution is 2.25. The van der Waals surface area contributed by atoms with Crippen molar-refractivity contribution in [1.29, 1.82) is 0 Å². The van der Waals surface area contributed by atoms with Gasteiger partial charge in [0.15, 0.2) is 11.6 Å². The van der Waals surface area contributed by atoms with E-state index >= 15 is 0 Å². The number of ether oxygens (including phenoxy) is 1. The zero-order valence-electron chi connectivity index (χ0n) is 14.8. The summed E-state index contributed by atoms with van der Waals surface area (Å²) in [6.07, 6.45) is 2.57. The van der Waals surface area contributed by atoms with Crippen LogP contribution in [0.25, 0.3) is 5.70 Å². The molecule has 0 spiro atoms. The zero-order chi connectivity index (χ0) is 18.4. The van der Waals surface area contributed by atoms with E-state index in [0.717, 1.165) is 13.0 Å².